The molecule has 11 heteroatoms. The second-order valence-electron chi connectivity index (χ2n) is 10.0. The van der Waals surface area contributed by atoms with Crippen molar-refractivity contribution >= 4 is 39.3 Å². The number of nitrogens with one attached hydrogen (secondary N) is 1. The Morgan fingerprint density at radius 3 is 2.16 bits per heavy atom. The normalized spacial score (nSPS) is 11.8. The van der Waals surface area contributed by atoms with Crippen LogP contribution in [-0.2, 0) is 32.6 Å². The van der Waals surface area contributed by atoms with Crippen LogP contribution in [0.5, 0.6) is 5.75 Å². The van der Waals surface area contributed by atoms with Crippen molar-refractivity contribution in [3.8, 4) is 5.75 Å². The molecule has 45 heavy (non-hydrogen) atoms. The first kappa shape index (κ1) is 33.5. The minimum atomic E-state index is -4.26. The van der Waals surface area contributed by atoms with Crippen LogP contribution in [0.3, 0.4) is 0 Å². The van der Waals surface area contributed by atoms with Gasteiger partial charge in [0.05, 0.1) is 17.2 Å². The van der Waals surface area contributed by atoms with Crippen LogP contribution in [0.15, 0.2) is 113 Å². The number of anilines is 1. The Morgan fingerprint density at radius 1 is 0.911 bits per heavy atom. The van der Waals surface area contributed by atoms with Crippen LogP contribution in [0.25, 0.3) is 0 Å². The first-order valence-electron chi connectivity index (χ1n) is 14.4. The van der Waals surface area contributed by atoms with Crippen molar-refractivity contribution in [1.82, 2.24) is 10.2 Å². The van der Waals surface area contributed by atoms with Gasteiger partial charge in [-0.25, -0.2) is 12.8 Å². The number of ether oxygens (including phenoxy) is 1. The Hall–Kier alpha value is -4.35. The Balaban J connectivity index is 1.79. The highest BCUT2D eigenvalue weighted by atomic mass is 32.2. The van der Waals surface area contributed by atoms with Crippen LogP contribution in [0.2, 0.25) is 0 Å². The summed E-state index contributed by atoms with van der Waals surface area (Å²) in [6.45, 7) is 1.37. The summed E-state index contributed by atoms with van der Waals surface area (Å²) in [4.78, 5) is 29.8. The zero-order chi connectivity index (χ0) is 32.4. The molecule has 4 aromatic rings. The molecule has 0 aromatic heterocycles. The molecule has 0 bridgehead atoms. The topological polar surface area (TPSA) is 96.0 Å². The van der Waals surface area contributed by atoms with E-state index in [9.17, 15) is 22.4 Å². The number of carbonyl (C=O) groups excluding carboxylic acids is 2. The summed E-state index contributed by atoms with van der Waals surface area (Å²) in [5.41, 5.74) is 1.20. The van der Waals surface area contributed by atoms with E-state index in [1.54, 1.807) is 42.5 Å². The highest BCUT2D eigenvalue weighted by Gasteiger charge is 2.34. The van der Waals surface area contributed by atoms with E-state index in [0.29, 0.717) is 12.4 Å². The molecule has 0 heterocycles. The van der Waals surface area contributed by atoms with Crippen LogP contribution in [0.1, 0.15) is 18.1 Å². The van der Waals surface area contributed by atoms with Gasteiger partial charge in [-0.2, -0.15) is 0 Å². The van der Waals surface area contributed by atoms with Crippen LogP contribution in [-0.4, -0.2) is 57.6 Å². The molecule has 1 atom stereocenters. The number of rotatable bonds is 14. The molecule has 0 aliphatic heterocycles. The third-order valence-electron chi connectivity index (χ3n) is 7.18. The van der Waals surface area contributed by atoms with Crippen molar-refractivity contribution < 1.29 is 27.1 Å². The molecular formula is C34H36FN3O5S2. The van der Waals surface area contributed by atoms with E-state index >= 15 is 0 Å². The van der Waals surface area contributed by atoms with Crippen LogP contribution in [0, 0.1) is 5.82 Å². The van der Waals surface area contributed by atoms with E-state index in [1.165, 1.54) is 54.0 Å². The van der Waals surface area contributed by atoms with Gasteiger partial charge in [-0.3, -0.25) is 13.9 Å². The number of halogens is 1. The third kappa shape index (κ3) is 8.43. The number of hydrogen-bond donors (Lipinski definition) is 1. The van der Waals surface area contributed by atoms with Gasteiger partial charge in [0.25, 0.3) is 10.0 Å². The zero-order valence-electron chi connectivity index (χ0n) is 25.4. The Morgan fingerprint density at radius 2 is 1.56 bits per heavy atom. The second-order valence-corrected chi connectivity index (χ2v) is 12.8. The number of thioether (sulfide) groups is 1. The predicted molar refractivity (Wildman–Crippen MR) is 175 cm³/mol. The van der Waals surface area contributed by atoms with Gasteiger partial charge in [-0.15, -0.1) is 11.8 Å². The molecule has 236 valence electrons. The molecule has 4 rings (SSSR count). The minimum Gasteiger partial charge on any atom is -0.494 e. The van der Waals surface area contributed by atoms with Gasteiger partial charge >= 0.3 is 0 Å². The Bertz CT molecular complexity index is 1690. The summed E-state index contributed by atoms with van der Waals surface area (Å²) >= 11 is 1.47. The number of likely N-dealkylation sites (N-methyl/N-ethyl adjacent to an activating group) is 1. The van der Waals surface area contributed by atoms with Gasteiger partial charge in [0.1, 0.15) is 24.2 Å². The maximum Gasteiger partial charge on any atom is 0.264 e. The number of sulfonamides is 1. The van der Waals surface area contributed by atoms with Crippen LogP contribution >= 0.6 is 11.8 Å². The summed E-state index contributed by atoms with van der Waals surface area (Å²) in [6.07, 6.45) is 2.02. The fraction of sp³-hybridized carbons (Fsp3) is 0.235. The van der Waals surface area contributed by atoms with Crippen LogP contribution in [0.4, 0.5) is 10.1 Å². The molecule has 1 N–H and O–H groups in total. The Kier molecular flexibility index (Phi) is 11.6. The highest BCUT2D eigenvalue weighted by Crippen LogP contribution is 2.28. The van der Waals surface area contributed by atoms with E-state index in [4.69, 9.17) is 4.74 Å². The lowest BCUT2D eigenvalue weighted by Crippen LogP contribution is -2.53. The van der Waals surface area contributed by atoms with Crippen molar-refractivity contribution in [3.63, 3.8) is 0 Å². The molecule has 8 nitrogen and oxygen atoms in total. The van der Waals surface area contributed by atoms with E-state index in [2.05, 4.69) is 5.32 Å². The molecule has 0 aliphatic carbocycles. The summed E-state index contributed by atoms with van der Waals surface area (Å²) < 4.78 is 49.8. The zero-order valence-corrected chi connectivity index (χ0v) is 27.0. The highest BCUT2D eigenvalue weighted by molar-refractivity contribution is 7.98. The van der Waals surface area contributed by atoms with E-state index in [-0.39, 0.29) is 29.1 Å². The number of benzene rings is 4. The van der Waals surface area contributed by atoms with Crippen molar-refractivity contribution in [2.45, 2.75) is 35.7 Å². The lowest BCUT2D eigenvalue weighted by molar-refractivity contribution is -0.139. The largest absolute Gasteiger partial charge is 0.494 e. The molecule has 0 spiro atoms. The number of nitrogens with zero attached hydrogens (tertiary/aromatic N) is 2. The Labute approximate surface area is 268 Å². The monoisotopic (exact) mass is 649 g/mol. The van der Waals surface area contributed by atoms with Gasteiger partial charge in [0.2, 0.25) is 11.8 Å². The van der Waals surface area contributed by atoms with Crippen molar-refractivity contribution in [3.05, 3.63) is 120 Å². The maximum absolute atomic E-state index is 14.9. The lowest BCUT2D eigenvalue weighted by Gasteiger charge is -2.33. The quantitative estimate of drug-likeness (QED) is 0.181. The molecule has 2 amide bonds. The van der Waals surface area contributed by atoms with Gasteiger partial charge in [0.15, 0.2) is 0 Å². The predicted octanol–water partition coefficient (Wildman–Crippen LogP) is 5.53. The van der Waals surface area contributed by atoms with Crippen molar-refractivity contribution in [1.29, 1.82) is 0 Å². The van der Waals surface area contributed by atoms with Gasteiger partial charge in [-0.05, 0) is 73.3 Å². The van der Waals surface area contributed by atoms with Gasteiger partial charge < -0.3 is 15.0 Å². The van der Waals surface area contributed by atoms with Gasteiger partial charge in [0, 0.05) is 30.5 Å². The molecule has 0 saturated carbocycles. The fourth-order valence-electron chi connectivity index (χ4n) is 4.81. The fourth-order valence-corrected chi connectivity index (χ4v) is 6.63. The van der Waals surface area contributed by atoms with Crippen molar-refractivity contribution in [2.24, 2.45) is 0 Å². The number of carbonyl (C=O) groups is 2. The number of hydrogen-bond acceptors (Lipinski definition) is 6. The summed E-state index contributed by atoms with van der Waals surface area (Å²) in [5, 5.41) is 2.62. The summed E-state index contributed by atoms with van der Waals surface area (Å²) in [6, 6.07) is 26.8. The van der Waals surface area contributed by atoms with E-state index in [0.717, 1.165) is 14.8 Å². The molecule has 0 aliphatic rings. The lowest BCUT2D eigenvalue weighted by atomic mass is 10.0. The average molecular weight is 650 g/mol. The molecule has 0 fully saturated rings. The summed E-state index contributed by atoms with van der Waals surface area (Å²) in [7, 11) is -2.80. The standard InChI is InChI=1S/C34H36FN3O5S2/c1-4-43-28-16-14-27(15-17-28)38(45(41,42)30-20-18-29(44-3)19-21-30)24-33(39)37(23-26-12-8-9-13-31(26)35)32(34(40)36-2)22-25-10-6-5-7-11-25/h5-21,32H,4,22-24H2,1-3H3,(H,36,40). The van der Waals surface area contributed by atoms with Crippen LogP contribution < -0.4 is 14.4 Å². The summed E-state index contributed by atoms with van der Waals surface area (Å²) in [5.74, 6) is -1.15. The molecular weight excluding hydrogens is 614 g/mol. The SMILES string of the molecule is CCOc1ccc(N(CC(=O)N(Cc2ccccc2F)C(Cc2ccccc2)C(=O)NC)S(=O)(=O)c2ccc(SC)cc2)cc1. The third-order valence-corrected chi connectivity index (χ3v) is 9.71. The van der Waals surface area contributed by atoms with Gasteiger partial charge in [-0.1, -0.05) is 48.5 Å². The first-order valence-corrected chi connectivity index (χ1v) is 17.0. The second kappa shape index (κ2) is 15.6. The molecule has 0 saturated heterocycles. The van der Waals surface area contributed by atoms with Crippen molar-refractivity contribution in [2.75, 3.05) is 30.8 Å². The smallest absolute Gasteiger partial charge is 0.264 e. The maximum atomic E-state index is 14.9. The van der Waals surface area contributed by atoms with E-state index < -0.39 is 40.2 Å². The number of amides is 2. The molecule has 4 aromatic carbocycles. The molecule has 1 unspecified atom stereocenters. The first-order chi connectivity index (χ1) is 21.7. The minimum absolute atomic E-state index is 0.00484. The average Bonchev–Trinajstić information content (AvgIpc) is 3.06. The van der Waals surface area contributed by atoms with E-state index in [1.807, 2.05) is 43.5 Å². The molecule has 0 radical (unpaired) electrons.